The number of ether oxygens (including phenoxy) is 12. The van der Waals surface area contributed by atoms with Crippen molar-refractivity contribution < 1.29 is 95.4 Å². The Labute approximate surface area is 309 Å². The van der Waals surface area contributed by atoms with E-state index >= 15 is 0 Å². The van der Waals surface area contributed by atoms with E-state index in [0.717, 1.165) is 0 Å². The van der Waals surface area contributed by atoms with Gasteiger partial charge in [-0.3, -0.25) is 0 Å². The predicted molar refractivity (Wildman–Crippen MR) is 177 cm³/mol. The van der Waals surface area contributed by atoms with Crippen LogP contribution >= 0.6 is 0 Å². The van der Waals surface area contributed by atoms with E-state index in [1.807, 2.05) is 0 Å². The van der Waals surface area contributed by atoms with Crippen molar-refractivity contribution in [3.63, 3.8) is 0 Å². The van der Waals surface area contributed by atoms with Crippen molar-refractivity contribution >= 4 is 36.6 Å². The fraction of sp³-hybridized carbons (Fsp3) is 0.471. The molecule has 0 amide bonds. The Hall–Kier alpha value is -6.34. The van der Waals surface area contributed by atoms with E-state index < -0.39 is 111 Å². The van der Waals surface area contributed by atoms with Crippen molar-refractivity contribution in [1.82, 2.24) is 0 Å². The van der Waals surface area contributed by atoms with E-state index in [1.165, 1.54) is 36.4 Å². The first kappa shape index (κ1) is 43.8. The molecule has 0 saturated carbocycles. The Balaban J connectivity index is 2.28. The topological polar surface area (TPSA) is 232 Å². The first-order valence-corrected chi connectivity index (χ1v) is 16.1. The van der Waals surface area contributed by atoms with Gasteiger partial charge < -0.3 is 56.8 Å². The number of rotatable bonds is 18. The molecule has 0 unspecified atom stereocenters. The lowest BCUT2D eigenvalue weighted by Crippen LogP contribution is -2.19. The molecule has 0 bridgehead atoms. The summed E-state index contributed by atoms with van der Waals surface area (Å²) in [6.45, 7) is 9.77. The maximum absolute atomic E-state index is 13.2. The van der Waals surface area contributed by atoms with Crippen LogP contribution in [0.4, 0.5) is 19.2 Å². The molecule has 20 heteroatoms. The van der Waals surface area contributed by atoms with Gasteiger partial charge in [-0.15, -0.1) is 0 Å². The summed E-state index contributed by atoms with van der Waals surface area (Å²) in [5.41, 5.74) is -0.830. The van der Waals surface area contributed by atoms with Crippen molar-refractivity contribution in [3.8, 4) is 23.0 Å². The molecular weight excluding hydrogens is 728 g/mol. The van der Waals surface area contributed by atoms with Gasteiger partial charge in [-0.1, -0.05) is 12.1 Å². The molecule has 2 aromatic rings. The largest absolute Gasteiger partial charge is 0.511 e. The second kappa shape index (κ2) is 22.6. The van der Waals surface area contributed by atoms with Crippen LogP contribution in [0.15, 0.2) is 36.4 Å². The van der Waals surface area contributed by atoms with Crippen LogP contribution in [0.2, 0.25) is 0 Å². The van der Waals surface area contributed by atoms with Crippen molar-refractivity contribution in [2.45, 2.75) is 79.8 Å². The standard InChI is InChI=1S/C34H42O20/c1-19(2)49-31(37)45-15-41-25-13-9-11-23(27(25)43-17-47-33(39)51-21(5)6)29(35)53-54-30(36)24-12-10-14-26(42-16-46-32(38)50-20(3)4)28(24)44-18-48-34(40)52-22(7)8/h9-14,19-22H,15-18H2,1-8H3. The number of benzene rings is 2. The van der Waals surface area contributed by atoms with Crippen LogP contribution in [0.5, 0.6) is 23.0 Å². The van der Waals surface area contributed by atoms with Crippen LogP contribution in [-0.4, -0.2) is 88.1 Å². The van der Waals surface area contributed by atoms with Crippen LogP contribution in [0, 0.1) is 0 Å². The third-order valence-corrected chi connectivity index (χ3v) is 5.46. The van der Waals surface area contributed by atoms with Gasteiger partial charge in [-0.2, -0.15) is 0 Å². The predicted octanol–water partition coefficient (Wildman–Crippen LogP) is 6.21. The summed E-state index contributed by atoms with van der Waals surface area (Å²) >= 11 is 0. The van der Waals surface area contributed by atoms with Gasteiger partial charge in [0.1, 0.15) is 11.1 Å². The molecule has 0 radical (unpaired) electrons. The fourth-order valence-electron chi connectivity index (χ4n) is 3.50. The first-order chi connectivity index (χ1) is 25.6. The van der Waals surface area contributed by atoms with Crippen LogP contribution in [0.1, 0.15) is 76.1 Å². The van der Waals surface area contributed by atoms with Crippen molar-refractivity contribution in [3.05, 3.63) is 47.5 Å². The SMILES string of the molecule is CC(C)OC(=O)OCOc1cccc(C(=O)OOC(=O)c2cccc(OCOC(=O)OC(C)C)c2OCOC(=O)OC(C)C)c1OCOC(=O)OC(C)C. The summed E-state index contributed by atoms with van der Waals surface area (Å²) in [5.74, 6) is -3.83. The molecule has 20 nitrogen and oxygen atoms in total. The zero-order valence-corrected chi connectivity index (χ0v) is 30.8. The zero-order chi connectivity index (χ0) is 40.2. The van der Waals surface area contributed by atoms with E-state index in [0.29, 0.717) is 0 Å². The van der Waals surface area contributed by atoms with Gasteiger partial charge in [-0.05, 0) is 79.7 Å². The quantitative estimate of drug-likeness (QED) is 0.0539. The molecule has 2 aromatic carbocycles. The summed E-state index contributed by atoms with van der Waals surface area (Å²) in [6, 6.07) is 7.61. The van der Waals surface area contributed by atoms with Gasteiger partial charge in [0, 0.05) is 0 Å². The van der Waals surface area contributed by atoms with Crippen LogP contribution < -0.4 is 18.9 Å². The molecule has 0 saturated heterocycles. The molecule has 0 N–H and O–H groups in total. The van der Waals surface area contributed by atoms with Gasteiger partial charge in [0.2, 0.25) is 27.2 Å². The minimum atomic E-state index is -1.32. The van der Waals surface area contributed by atoms with E-state index in [9.17, 15) is 28.8 Å². The lowest BCUT2D eigenvalue weighted by molar-refractivity contribution is -0.187. The normalized spacial score (nSPS) is 10.5. The van der Waals surface area contributed by atoms with Gasteiger partial charge in [0.15, 0.2) is 23.0 Å². The molecule has 0 atom stereocenters. The minimum Gasteiger partial charge on any atom is -0.453 e. The van der Waals surface area contributed by atoms with Crippen LogP contribution in [0.3, 0.4) is 0 Å². The van der Waals surface area contributed by atoms with Gasteiger partial charge >= 0.3 is 36.6 Å². The maximum atomic E-state index is 13.2. The molecule has 0 aliphatic carbocycles. The molecule has 298 valence electrons. The summed E-state index contributed by atoms with van der Waals surface area (Å²) in [6.07, 6.45) is -6.24. The van der Waals surface area contributed by atoms with Crippen molar-refractivity contribution in [2.24, 2.45) is 0 Å². The lowest BCUT2D eigenvalue weighted by atomic mass is 10.2. The maximum Gasteiger partial charge on any atom is 0.511 e. The minimum absolute atomic E-state index is 0.204. The molecule has 0 aliphatic rings. The average Bonchev–Trinajstić information content (AvgIpc) is 3.06. The van der Waals surface area contributed by atoms with Gasteiger partial charge in [-0.25, -0.2) is 38.5 Å². The van der Waals surface area contributed by atoms with E-state index in [4.69, 9.17) is 66.6 Å². The summed E-state index contributed by atoms with van der Waals surface area (Å²) < 4.78 is 60.6. The Morgan fingerprint density at radius 3 is 0.981 bits per heavy atom. The second-order valence-corrected chi connectivity index (χ2v) is 11.3. The van der Waals surface area contributed by atoms with Gasteiger partial charge in [0.05, 0.1) is 24.4 Å². The Morgan fingerprint density at radius 1 is 0.426 bits per heavy atom. The number of carbonyl (C=O) groups excluding carboxylic acids is 6. The Kier molecular flexibility index (Phi) is 18.3. The van der Waals surface area contributed by atoms with E-state index in [1.54, 1.807) is 55.4 Å². The van der Waals surface area contributed by atoms with Crippen molar-refractivity contribution in [1.29, 1.82) is 0 Å². The highest BCUT2D eigenvalue weighted by Crippen LogP contribution is 2.34. The number of hydrogen-bond donors (Lipinski definition) is 0. The second-order valence-electron chi connectivity index (χ2n) is 11.3. The van der Waals surface area contributed by atoms with E-state index in [2.05, 4.69) is 0 Å². The first-order valence-electron chi connectivity index (χ1n) is 16.1. The third-order valence-electron chi connectivity index (χ3n) is 5.46. The smallest absolute Gasteiger partial charge is 0.453 e. The average molecular weight is 771 g/mol. The van der Waals surface area contributed by atoms with Crippen molar-refractivity contribution in [2.75, 3.05) is 27.2 Å². The molecule has 0 heterocycles. The molecule has 2 rings (SSSR count). The number of para-hydroxylation sites is 2. The Morgan fingerprint density at radius 2 is 0.704 bits per heavy atom. The highest BCUT2D eigenvalue weighted by atomic mass is 17.2. The fourth-order valence-corrected chi connectivity index (χ4v) is 3.50. The summed E-state index contributed by atoms with van der Waals surface area (Å²) in [4.78, 5) is 83.3. The highest BCUT2D eigenvalue weighted by molar-refractivity contribution is 5.96. The lowest BCUT2D eigenvalue weighted by Gasteiger charge is -2.17. The van der Waals surface area contributed by atoms with Crippen LogP contribution in [0.25, 0.3) is 0 Å². The molecule has 0 aromatic heterocycles. The highest BCUT2D eigenvalue weighted by Gasteiger charge is 2.26. The molecular formula is C34H42O20. The third kappa shape index (κ3) is 16.3. The number of carbonyl (C=O) groups is 6. The zero-order valence-electron chi connectivity index (χ0n) is 30.8. The summed E-state index contributed by atoms with van der Waals surface area (Å²) in [5, 5.41) is 0. The van der Waals surface area contributed by atoms with Crippen LogP contribution in [-0.2, 0) is 47.7 Å². The molecule has 0 fully saturated rings. The van der Waals surface area contributed by atoms with E-state index in [-0.39, 0.29) is 11.5 Å². The molecule has 0 aliphatic heterocycles. The number of hydrogen-bond acceptors (Lipinski definition) is 20. The van der Waals surface area contributed by atoms with Gasteiger partial charge in [0.25, 0.3) is 0 Å². The molecule has 54 heavy (non-hydrogen) atoms. The monoisotopic (exact) mass is 770 g/mol. The Bertz CT molecular complexity index is 1450. The summed E-state index contributed by atoms with van der Waals surface area (Å²) in [7, 11) is 0. The molecule has 0 spiro atoms.